The van der Waals surface area contributed by atoms with Crippen molar-refractivity contribution in [1.29, 1.82) is 0 Å². The molecule has 1 aliphatic rings. The fraction of sp³-hybridized carbons (Fsp3) is 0.684. The van der Waals surface area contributed by atoms with E-state index >= 15 is 0 Å². The van der Waals surface area contributed by atoms with E-state index in [0.29, 0.717) is 0 Å². The summed E-state index contributed by atoms with van der Waals surface area (Å²) in [4.78, 5) is 23.5. The molecule has 25 heavy (non-hydrogen) atoms. The van der Waals surface area contributed by atoms with Crippen LogP contribution >= 0.6 is 0 Å². The van der Waals surface area contributed by atoms with E-state index in [1.54, 1.807) is 12.2 Å². The molecule has 6 heteroatoms. The minimum absolute atomic E-state index is 0.0217. The Kier molecular flexibility index (Phi) is 11.6. The Morgan fingerprint density at radius 3 is 1.60 bits per heavy atom. The highest BCUT2D eigenvalue weighted by atomic mass is 16.3. The SMILES string of the molecule is O=C(C=CCCCCCO)N[C@H]1C[C@H]1NC(=O)C=CCCCCCO. The van der Waals surface area contributed by atoms with Crippen LogP contribution < -0.4 is 10.6 Å². The molecule has 0 spiro atoms. The van der Waals surface area contributed by atoms with Gasteiger partial charge in [0.25, 0.3) is 0 Å². The number of nitrogens with one attached hydrogen (secondary N) is 2. The van der Waals surface area contributed by atoms with Crippen LogP contribution in [0.1, 0.15) is 57.8 Å². The van der Waals surface area contributed by atoms with Gasteiger partial charge in [-0.3, -0.25) is 9.59 Å². The number of rotatable bonds is 14. The van der Waals surface area contributed by atoms with E-state index < -0.39 is 0 Å². The average Bonchev–Trinajstić information content (AvgIpc) is 3.31. The van der Waals surface area contributed by atoms with Gasteiger partial charge in [0.05, 0.1) is 12.1 Å². The highest BCUT2D eigenvalue weighted by Crippen LogP contribution is 2.21. The van der Waals surface area contributed by atoms with Gasteiger partial charge in [0.1, 0.15) is 0 Å². The van der Waals surface area contributed by atoms with E-state index in [9.17, 15) is 9.59 Å². The van der Waals surface area contributed by atoms with Gasteiger partial charge >= 0.3 is 0 Å². The van der Waals surface area contributed by atoms with Crippen molar-refractivity contribution in [1.82, 2.24) is 10.6 Å². The molecule has 0 radical (unpaired) electrons. The van der Waals surface area contributed by atoms with E-state index in [1.165, 1.54) is 0 Å². The molecular formula is C19H32N2O4. The van der Waals surface area contributed by atoms with E-state index in [4.69, 9.17) is 10.2 Å². The second kappa shape index (κ2) is 13.6. The quantitative estimate of drug-likeness (QED) is 0.282. The second-order valence-corrected chi connectivity index (χ2v) is 6.42. The third-order valence-corrected chi connectivity index (χ3v) is 4.04. The van der Waals surface area contributed by atoms with Crippen LogP contribution in [0.3, 0.4) is 0 Å². The fourth-order valence-corrected chi connectivity index (χ4v) is 2.46. The highest BCUT2D eigenvalue weighted by Gasteiger charge is 2.38. The fourth-order valence-electron chi connectivity index (χ4n) is 2.46. The Morgan fingerprint density at radius 1 is 0.760 bits per heavy atom. The predicted octanol–water partition coefficient (Wildman–Crippen LogP) is 1.58. The zero-order valence-corrected chi connectivity index (χ0v) is 15.0. The molecule has 0 aliphatic heterocycles. The number of carbonyl (C=O) groups is 2. The largest absolute Gasteiger partial charge is 0.396 e. The third-order valence-electron chi connectivity index (χ3n) is 4.04. The van der Waals surface area contributed by atoms with Gasteiger partial charge in [0.15, 0.2) is 0 Å². The van der Waals surface area contributed by atoms with Gasteiger partial charge in [-0.2, -0.15) is 0 Å². The summed E-state index contributed by atoms with van der Waals surface area (Å²) in [6, 6.07) is 0.0434. The smallest absolute Gasteiger partial charge is 0.243 e. The third kappa shape index (κ3) is 11.5. The number of amides is 2. The van der Waals surface area contributed by atoms with Crippen molar-refractivity contribution >= 4 is 11.8 Å². The standard InChI is InChI=1S/C19H32N2O4/c22-13-9-5-1-3-7-11-18(24)20-16-15-17(16)21-19(25)12-8-4-2-6-10-14-23/h7-8,11-12,16-17,22-23H,1-6,9-10,13-15H2,(H,20,24)(H,21,25)/t16-,17+. The Morgan fingerprint density at radius 2 is 1.20 bits per heavy atom. The zero-order valence-electron chi connectivity index (χ0n) is 15.0. The van der Waals surface area contributed by atoms with Crippen molar-refractivity contribution in [3.8, 4) is 0 Å². The Balaban J connectivity index is 2.06. The molecule has 1 saturated carbocycles. The van der Waals surface area contributed by atoms with Crippen molar-refractivity contribution in [2.75, 3.05) is 13.2 Å². The van der Waals surface area contributed by atoms with Crippen LogP contribution in [0.5, 0.6) is 0 Å². The van der Waals surface area contributed by atoms with Crippen LogP contribution in [0, 0.1) is 0 Å². The first kappa shape index (κ1) is 21.4. The van der Waals surface area contributed by atoms with Crippen LogP contribution in [-0.4, -0.2) is 47.3 Å². The molecule has 0 unspecified atom stereocenters. The molecular weight excluding hydrogens is 320 g/mol. The second-order valence-electron chi connectivity index (χ2n) is 6.42. The molecule has 4 N–H and O–H groups in total. The van der Waals surface area contributed by atoms with Crippen LogP contribution in [0.25, 0.3) is 0 Å². The molecule has 6 nitrogen and oxygen atoms in total. The number of carbonyl (C=O) groups excluding carboxylic acids is 2. The summed E-state index contributed by atoms with van der Waals surface area (Å²) < 4.78 is 0. The average molecular weight is 352 g/mol. The maximum absolute atomic E-state index is 11.7. The number of allylic oxidation sites excluding steroid dienone is 2. The van der Waals surface area contributed by atoms with Gasteiger partial charge in [-0.1, -0.05) is 25.0 Å². The van der Waals surface area contributed by atoms with Crippen LogP contribution in [0.15, 0.2) is 24.3 Å². The topological polar surface area (TPSA) is 98.7 Å². The monoisotopic (exact) mass is 352 g/mol. The molecule has 0 bridgehead atoms. The maximum Gasteiger partial charge on any atom is 0.243 e. The van der Waals surface area contributed by atoms with Gasteiger partial charge in [-0.15, -0.1) is 0 Å². The van der Waals surface area contributed by atoms with Gasteiger partial charge < -0.3 is 20.8 Å². The first-order valence-electron chi connectivity index (χ1n) is 9.33. The summed E-state index contributed by atoms with van der Waals surface area (Å²) in [5.74, 6) is -0.244. The van der Waals surface area contributed by atoms with Crippen LogP contribution in [0.2, 0.25) is 0 Å². The van der Waals surface area contributed by atoms with E-state index in [2.05, 4.69) is 10.6 Å². The van der Waals surface area contributed by atoms with Gasteiger partial charge in [0, 0.05) is 13.2 Å². The summed E-state index contributed by atoms with van der Waals surface area (Å²) in [6.07, 6.45) is 14.7. The normalized spacial score (nSPS) is 19.4. The van der Waals surface area contributed by atoms with Gasteiger partial charge in [0.2, 0.25) is 11.8 Å². The number of aliphatic hydroxyl groups excluding tert-OH is 2. The molecule has 1 fully saturated rings. The first-order valence-corrected chi connectivity index (χ1v) is 9.33. The molecule has 1 rings (SSSR count). The molecule has 0 aromatic heterocycles. The zero-order chi connectivity index (χ0) is 18.3. The lowest BCUT2D eigenvalue weighted by atomic mass is 10.2. The lowest BCUT2D eigenvalue weighted by Crippen LogP contribution is -2.33. The molecule has 2 amide bonds. The van der Waals surface area contributed by atoms with Gasteiger partial charge in [-0.05, 0) is 57.1 Å². The maximum atomic E-state index is 11.7. The minimum atomic E-state index is -0.122. The highest BCUT2D eigenvalue weighted by molar-refractivity contribution is 5.89. The molecule has 0 saturated heterocycles. The van der Waals surface area contributed by atoms with Crippen molar-refractivity contribution in [3.63, 3.8) is 0 Å². The number of aliphatic hydroxyl groups is 2. The predicted molar refractivity (Wildman–Crippen MR) is 97.9 cm³/mol. The Labute approximate surface area is 150 Å². The lowest BCUT2D eigenvalue weighted by Gasteiger charge is -2.02. The van der Waals surface area contributed by atoms with Gasteiger partial charge in [-0.25, -0.2) is 0 Å². The summed E-state index contributed by atoms with van der Waals surface area (Å²) in [5, 5.41) is 23.1. The lowest BCUT2D eigenvalue weighted by molar-refractivity contribution is -0.118. The Hall–Kier alpha value is -1.66. The minimum Gasteiger partial charge on any atom is -0.396 e. The molecule has 0 aromatic carbocycles. The summed E-state index contributed by atoms with van der Waals surface area (Å²) in [6.45, 7) is 0.440. The summed E-state index contributed by atoms with van der Waals surface area (Å²) in [7, 11) is 0. The van der Waals surface area contributed by atoms with Crippen molar-refractivity contribution in [2.45, 2.75) is 69.9 Å². The molecule has 1 aliphatic carbocycles. The first-order chi connectivity index (χ1) is 12.2. The summed E-state index contributed by atoms with van der Waals surface area (Å²) in [5.41, 5.74) is 0. The summed E-state index contributed by atoms with van der Waals surface area (Å²) >= 11 is 0. The van der Waals surface area contributed by atoms with Crippen LogP contribution in [-0.2, 0) is 9.59 Å². The molecule has 0 aromatic rings. The number of hydrogen-bond donors (Lipinski definition) is 4. The number of unbranched alkanes of at least 4 members (excludes halogenated alkanes) is 6. The van der Waals surface area contributed by atoms with E-state index in [-0.39, 0.29) is 37.1 Å². The van der Waals surface area contributed by atoms with Crippen molar-refractivity contribution in [2.24, 2.45) is 0 Å². The van der Waals surface area contributed by atoms with E-state index in [1.807, 2.05) is 12.2 Å². The van der Waals surface area contributed by atoms with E-state index in [0.717, 1.165) is 57.8 Å². The molecule has 142 valence electrons. The van der Waals surface area contributed by atoms with Crippen LogP contribution in [0.4, 0.5) is 0 Å². The van der Waals surface area contributed by atoms with Crippen molar-refractivity contribution in [3.05, 3.63) is 24.3 Å². The Bertz CT molecular complexity index is 409. The molecule has 2 atom stereocenters. The number of hydrogen-bond acceptors (Lipinski definition) is 4. The van der Waals surface area contributed by atoms with Crippen molar-refractivity contribution < 1.29 is 19.8 Å². The molecule has 0 heterocycles.